The van der Waals surface area contributed by atoms with Crippen molar-refractivity contribution in [2.45, 2.75) is 6.42 Å². The first-order valence-electron chi connectivity index (χ1n) is 9.85. The lowest BCUT2D eigenvalue weighted by molar-refractivity contribution is 0.0746. The topological polar surface area (TPSA) is 74.2 Å². The second-order valence-electron chi connectivity index (χ2n) is 6.92. The molecule has 3 heterocycles. The second kappa shape index (κ2) is 9.14. The van der Waals surface area contributed by atoms with Gasteiger partial charge in [-0.3, -0.25) is 4.79 Å². The summed E-state index contributed by atoms with van der Waals surface area (Å²) in [4.78, 5) is 29.7. The summed E-state index contributed by atoms with van der Waals surface area (Å²) < 4.78 is 0. The smallest absolute Gasteiger partial charge is 0.255 e. The van der Waals surface area contributed by atoms with Gasteiger partial charge in [-0.15, -0.1) is 0 Å². The third-order valence-corrected chi connectivity index (χ3v) is 4.97. The van der Waals surface area contributed by atoms with Crippen molar-refractivity contribution in [1.82, 2.24) is 19.9 Å². The van der Waals surface area contributed by atoms with E-state index in [9.17, 15) is 4.79 Å². The maximum absolute atomic E-state index is 12.8. The number of rotatable bonds is 6. The summed E-state index contributed by atoms with van der Waals surface area (Å²) in [6.07, 6.45) is 6.06. The van der Waals surface area contributed by atoms with Crippen LogP contribution in [0, 0.1) is 0 Å². The Labute approximate surface area is 170 Å². The number of hydrogen-bond donors (Lipinski definition) is 1. The van der Waals surface area contributed by atoms with E-state index in [2.05, 4.69) is 37.3 Å². The Balaban J connectivity index is 1.27. The van der Waals surface area contributed by atoms with Crippen LogP contribution in [0.4, 0.5) is 11.8 Å². The fourth-order valence-electron chi connectivity index (χ4n) is 3.35. The van der Waals surface area contributed by atoms with Gasteiger partial charge in [-0.25, -0.2) is 15.0 Å². The van der Waals surface area contributed by atoms with Crippen LogP contribution < -0.4 is 10.2 Å². The molecule has 0 bridgehead atoms. The molecule has 3 aromatic rings. The molecule has 2 aromatic heterocycles. The van der Waals surface area contributed by atoms with Crippen LogP contribution in [0.1, 0.15) is 15.9 Å². The molecule has 29 heavy (non-hydrogen) atoms. The summed E-state index contributed by atoms with van der Waals surface area (Å²) >= 11 is 0. The number of amides is 1. The molecule has 0 atom stereocenters. The SMILES string of the molecule is O=C(c1ccc(NCCc2ccccc2)nc1)N1CCN(c2ncccn2)CC1. The molecule has 7 nitrogen and oxygen atoms in total. The maximum Gasteiger partial charge on any atom is 0.255 e. The van der Waals surface area contributed by atoms with Gasteiger partial charge in [-0.1, -0.05) is 30.3 Å². The van der Waals surface area contributed by atoms with E-state index in [4.69, 9.17) is 0 Å². The summed E-state index contributed by atoms with van der Waals surface area (Å²) in [6.45, 7) is 3.54. The first-order valence-corrected chi connectivity index (χ1v) is 9.85. The minimum Gasteiger partial charge on any atom is -0.370 e. The van der Waals surface area contributed by atoms with E-state index in [1.54, 1.807) is 24.7 Å². The molecule has 1 saturated heterocycles. The first kappa shape index (κ1) is 18.9. The van der Waals surface area contributed by atoms with Gasteiger partial charge in [-0.05, 0) is 30.2 Å². The van der Waals surface area contributed by atoms with Gasteiger partial charge in [0.25, 0.3) is 5.91 Å². The molecule has 1 fully saturated rings. The van der Waals surface area contributed by atoms with Crippen molar-refractivity contribution in [3.63, 3.8) is 0 Å². The van der Waals surface area contributed by atoms with Crippen molar-refractivity contribution in [2.24, 2.45) is 0 Å². The zero-order chi connectivity index (χ0) is 19.9. The molecule has 1 aliphatic rings. The molecule has 0 unspecified atom stereocenters. The molecule has 1 aliphatic heterocycles. The van der Waals surface area contributed by atoms with E-state index in [1.807, 2.05) is 35.2 Å². The van der Waals surface area contributed by atoms with Crippen LogP contribution in [0.25, 0.3) is 0 Å². The van der Waals surface area contributed by atoms with Crippen molar-refractivity contribution >= 4 is 17.7 Å². The summed E-state index contributed by atoms with van der Waals surface area (Å²) in [5.41, 5.74) is 1.90. The second-order valence-corrected chi connectivity index (χ2v) is 6.92. The van der Waals surface area contributed by atoms with Crippen LogP contribution in [0.2, 0.25) is 0 Å². The number of hydrogen-bond acceptors (Lipinski definition) is 6. The van der Waals surface area contributed by atoms with E-state index in [0.717, 1.165) is 31.9 Å². The third-order valence-electron chi connectivity index (χ3n) is 4.97. The molecule has 4 rings (SSSR count). The number of aromatic nitrogens is 3. The van der Waals surface area contributed by atoms with Crippen LogP contribution in [0.5, 0.6) is 0 Å². The van der Waals surface area contributed by atoms with Gasteiger partial charge in [0.15, 0.2) is 0 Å². The minimum absolute atomic E-state index is 0.0157. The van der Waals surface area contributed by atoms with Gasteiger partial charge in [0, 0.05) is 51.3 Å². The molecule has 148 valence electrons. The van der Waals surface area contributed by atoms with Crippen LogP contribution in [-0.4, -0.2) is 58.5 Å². The van der Waals surface area contributed by atoms with Crippen LogP contribution in [0.15, 0.2) is 67.1 Å². The minimum atomic E-state index is 0.0157. The number of piperazine rings is 1. The van der Waals surface area contributed by atoms with Crippen molar-refractivity contribution in [2.75, 3.05) is 42.9 Å². The van der Waals surface area contributed by atoms with E-state index in [1.165, 1.54) is 5.56 Å². The first-order chi connectivity index (χ1) is 14.3. The molecule has 0 aliphatic carbocycles. The largest absolute Gasteiger partial charge is 0.370 e. The molecule has 1 aromatic carbocycles. The highest BCUT2D eigenvalue weighted by molar-refractivity contribution is 5.94. The Kier molecular flexibility index (Phi) is 5.95. The Morgan fingerprint density at radius 2 is 1.66 bits per heavy atom. The fraction of sp³-hybridized carbons (Fsp3) is 0.273. The lowest BCUT2D eigenvalue weighted by atomic mass is 10.1. The Bertz CT molecular complexity index is 909. The lowest BCUT2D eigenvalue weighted by Crippen LogP contribution is -2.49. The number of benzene rings is 1. The molecule has 1 amide bonds. The maximum atomic E-state index is 12.8. The van der Waals surface area contributed by atoms with Gasteiger partial charge < -0.3 is 15.1 Å². The van der Waals surface area contributed by atoms with Gasteiger partial charge in [0.2, 0.25) is 5.95 Å². The quantitative estimate of drug-likeness (QED) is 0.699. The fourth-order valence-corrected chi connectivity index (χ4v) is 3.35. The lowest BCUT2D eigenvalue weighted by Gasteiger charge is -2.34. The van der Waals surface area contributed by atoms with Crippen molar-refractivity contribution < 1.29 is 4.79 Å². The van der Waals surface area contributed by atoms with E-state index in [0.29, 0.717) is 24.6 Å². The van der Waals surface area contributed by atoms with E-state index >= 15 is 0 Å². The highest BCUT2D eigenvalue weighted by atomic mass is 16.2. The normalized spacial score (nSPS) is 13.9. The van der Waals surface area contributed by atoms with Crippen LogP contribution in [-0.2, 0) is 6.42 Å². The number of nitrogens with one attached hydrogen (secondary N) is 1. The van der Waals surface area contributed by atoms with Gasteiger partial charge in [0.1, 0.15) is 5.82 Å². The van der Waals surface area contributed by atoms with E-state index < -0.39 is 0 Å². The summed E-state index contributed by atoms with van der Waals surface area (Å²) in [7, 11) is 0. The zero-order valence-electron chi connectivity index (χ0n) is 16.2. The van der Waals surface area contributed by atoms with Crippen LogP contribution >= 0.6 is 0 Å². The van der Waals surface area contributed by atoms with Crippen molar-refractivity contribution in [3.05, 3.63) is 78.2 Å². The molecule has 7 heteroatoms. The third kappa shape index (κ3) is 4.87. The number of pyridine rings is 1. The number of carbonyl (C=O) groups is 1. The van der Waals surface area contributed by atoms with Gasteiger partial charge in [-0.2, -0.15) is 0 Å². The van der Waals surface area contributed by atoms with Crippen molar-refractivity contribution in [1.29, 1.82) is 0 Å². The predicted molar refractivity (Wildman–Crippen MR) is 113 cm³/mol. The Morgan fingerprint density at radius 1 is 0.897 bits per heavy atom. The highest BCUT2D eigenvalue weighted by Crippen LogP contribution is 2.13. The average molecular weight is 388 g/mol. The zero-order valence-corrected chi connectivity index (χ0v) is 16.2. The molecular weight excluding hydrogens is 364 g/mol. The molecule has 0 radical (unpaired) electrons. The molecule has 1 N–H and O–H groups in total. The summed E-state index contributed by atoms with van der Waals surface area (Å²) in [5.74, 6) is 1.51. The highest BCUT2D eigenvalue weighted by Gasteiger charge is 2.23. The predicted octanol–water partition coefficient (Wildman–Crippen LogP) is 2.49. The number of nitrogens with zero attached hydrogens (tertiary/aromatic N) is 5. The van der Waals surface area contributed by atoms with Crippen LogP contribution in [0.3, 0.4) is 0 Å². The van der Waals surface area contributed by atoms with E-state index in [-0.39, 0.29) is 5.91 Å². The van der Waals surface area contributed by atoms with Crippen molar-refractivity contribution in [3.8, 4) is 0 Å². The molecular formula is C22H24N6O. The average Bonchev–Trinajstić information content (AvgIpc) is 2.80. The van der Waals surface area contributed by atoms with Gasteiger partial charge >= 0.3 is 0 Å². The Hall–Kier alpha value is -3.48. The summed E-state index contributed by atoms with van der Waals surface area (Å²) in [5, 5.41) is 3.31. The monoisotopic (exact) mass is 388 g/mol. The number of carbonyl (C=O) groups excluding carboxylic acids is 1. The Morgan fingerprint density at radius 3 is 2.34 bits per heavy atom. The molecule has 0 spiro atoms. The molecule has 0 saturated carbocycles. The van der Waals surface area contributed by atoms with Gasteiger partial charge in [0.05, 0.1) is 5.56 Å². The number of anilines is 2. The summed E-state index contributed by atoms with van der Waals surface area (Å²) in [6, 6.07) is 15.8. The standard InChI is InChI=1S/C22H24N6O/c29-21(27-13-15-28(16-14-27)22-24-10-4-11-25-22)19-7-8-20(26-17-19)23-12-9-18-5-2-1-3-6-18/h1-8,10-11,17H,9,12-16H2,(H,23,26).